The highest BCUT2D eigenvalue weighted by Crippen LogP contribution is 2.33. The van der Waals surface area contributed by atoms with Crippen LogP contribution in [0.1, 0.15) is 28.4 Å². The average molecular weight is 396 g/mol. The number of alkyl halides is 1. The van der Waals surface area contributed by atoms with E-state index in [4.69, 9.17) is 14.7 Å². The molecule has 2 rings (SSSR count). The average Bonchev–Trinajstić information content (AvgIpc) is 2.57. The zero-order valence-electron chi connectivity index (χ0n) is 12.6. The number of ether oxygens (including phenoxy) is 2. The Morgan fingerprint density at radius 3 is 2.50 bits per heavy atom. The molecular weight excluding hydrogens is 384 g/mol. The van der Waals surface area contributed by atoms with Gasteiger partial charge in [0.25, 0.3) is 0 Å². The number of rotatable bonds is 5. The Morgan fingerprint density at radius 1 is 1.29 bits per heavy atom. The second-order valence-electron chi connectivity index (χ2n) is 4.63. The third kappa shape index (κ3) is 3.71. The third-order valence-electron chi connectivity index (χ3n) is 3.08. The summed E-state index contributed by atoms with van der Waals surface area (Å²) in [5.74, 6) is -3.45. The van der Waals surface area contributed by atoms with E-state index in [1.54, 1.807) is 25.1 Å². The molecule has 0 bridgehead atoms. The molecule has 0 saturated heterocycles. The fourth-order valence-electron chi connectivity index (χ4n) is 2.04. The van der Waals surface area contributed by atoms with E-state index in [-0.39, 0.29) is 23.5 Å². The minimum atomic E-state index is -1.04. The second-order valence-corrected chi connectivity index (χ2v) is 5.19. The van der Waals surface area contributed by atoms with Crippen LogP contribution in [0.5, 0.6) is 11.5 Å². The van der Waals surface area contributed by atoms with Crippen LogP contribution in [0.4, 0.5) is 8.78 Å². The number of hydrogen-bond acceptors (Lipinski definition) is 4. The Morgan fingerprint density at radius 2 is 1.96 bits per heavy atom. The van der Waals surface area contributed by atoms with Crippen molar-refractivity contribution in [3.05, 3.63) is 58.7 Å². The van der Waals surface area contributed by atoms with Gasteiger partial charge < -0.3 is 9.47 Å². The van der Waals surface area contributed by atoms with Gasteiger partial charge in [0.15, 0.2) is 17.4 Å². The van der Waals surface area contributed by atoms with Crippen LogP contribution >= 0.6 is 15.9 Å². The van der Waals surface area contributed by atoms with Crippen molar-refractivity contribution in [2.24, 2.45) is 0 Å². The van der Waals surface area contributed by atoms with Crippen LogP contribution < -0.4 is 4.74 Å². The van der Waals surface area contributed by atoms with Crippen molar-refractivity contribution in [1.29, 1.82) is 5.26 Å². The molecule has 0 aliphatic heterocycles. The van der Waals surface area contributed by atoms with Gasteiger partial charge in [-0.1, -0.05) is 28.1 Å². The number of benzene rings is 2. The summed E-state index contributed by atoms with van der Waals surface area (Å²) in [7, 11) is 0. The number of esters is 1. The Bertz CT molecular complexity index is 795. The van der Waals surface area contributed by atoms with Crippen LogP contribution in [0.3, 0.4) is 0 Å². The van der Waals surface area contributed by atoms with E-state index in [9.17, 15) is 13.6 Å². The highest BCUT2D eigenvalue weighted by molar-refractivity contribution is 9.08. The summed E-state index contributed by atoms with van der Waals surface area (Å²) >= 11 is 3.25. The molecule has 0 amide bonds. The van der Waals surface area contributed by atoms with E-state index >= 15 is 0 Å². The molecule has 2 aromatic carbocycles. The molecular formula is C17H12BrF2NO3. The molecule has 0 aromatic heterocycles. The molecule has 0 aliphatic carbocycles. The fourth-order valence-corrected chi connectivity index (χ4v) is 2.51. The van der Waals surface area contributed by atoms with Crippen molar-refractivity contribution >= 4 is 21.9 Å². The van der Waals surface area contributed by atoms with Crippen molar-refractivity contribution in [2.75, 3.05) is 6.61 Å². The molecule has 7 heteroatoms. The predicted octanol–water partition coefficient (Wildman–Crippen LogP) is 4.70. The Hall–Kier alpha value is -2.46. The molecule has 0 unspecified atom stereocenters. The molecule has 124 valence electrons. The summed E-state index contributed by atoms with van der Waals surface area (Å²) in [4.78, 5) is 12.2. The summed E-state index contributed by atoms with van der Waals surface area (Å²) in [5, 5.41) is 9.05. The fraction of sp³-hybridized carbons (Fsp3) is 0.176. The van der Waals surface area contributed by atoms with Gasteiger partial charge in [0, 0.05) is 5.33 Å². The molecule has 0 N–H and O–H groups in total. The van der Waals surface area contributed by atoms with E-state index in [1.807, 2.05) is 0 Å². The minimum Gasteiger partial charge on any atom is -0.462 e. The molecule has 0 atom stereocenters. The van der Waals surface area contributed by atoms with Crippen LogP contribution in [0.2, 0.25) is 0 Å². The smallest absolute Gasteiger partial charge is 0.342 e. The third-order valence-corrected chi connectivity index (χ3v) is 3.68. The quantitative estimate of drug-likeness (QED) is 0.543. The van der Waals surface area contributed by atoms with Crippen LogP contribution in [-0.2, 0) is 10.1 Å². The van der Waals surface area contributed by atoms with Gasteiger partial charge in [0.1, 0.15) is 11.3 Å². The SMILES string of the molecule is CCOC(=O)c1c(CBr)cccc1Oc1c(F)cc(C#N)cc1F. The van der Waals surface area contributed by atoms with E-state index in [0.717, 1.165) is 12.1 Å². The minimum absolute atomic E-state index is 0.0343. The summed E-state index contributed by atoms with van der Waals surface area (Å²) in [6, 6.07) is 8.03. The highest BCUT2D eigenvalue weighted by Gasteiger charge is 2.21. The number of halogens is 3. The van der Waals surface area contributed by atoms with Gasteiger partial charge in [-0.25, -0.2) is 13.6 Å². The summed E-state index contributed by atoms with van der Waals surface area (Å²) in [6.07, 6.45) is 0. The number of carbonyl (C=O) groups excluding carboxylic acids is 1. The maximum Gasteiger partial charge on any atom is 0.342 e. The first-order valence-electron chi connectivity index (χ1n) is 6.93. The lowest BCUT2D eigenvalue weighted by atomic mass is 10.1. The van der Waals surface area contributed by atoms with Crippen molar-refractivity contribution in [3.8, 4) is 17.6 Å². The van der Waals surface area contributed by atoms with Gasteiger partial charge in [-0.05, 0) is 30.7 Å². The summed E-state index contributed by atoms with van der Waals surface area (Å²) in [6.45, 7) is 1.80. The maximum absolute atomic E-state index is 14.0. The van der Waals surface area contributed by atoms with Gasteiger partial charge in [-0.15, -0.1) is 0 Å². The molecule has 4 nitrogen and oxygen atoms in total. The monoisotopic (exact) mass is 395 g/mol. The Kier molecular flexibility index (Phi) is 5.88. The molecule has 2 aromatic rings. The number of hydrogen-bond donors (Lipinski definition) is 0. The van der Waals surface area contributed by atoms with E-state index < -0.39 is 23.4 Å². The van der Waals surface area contributed by atoms with Crippen molar-refractivity contribution in [3.63, 3.8) is 0 Å². The topological polar surface area (TPSA) is 59.3 Å². The molecule has 0 spiro atoms. The van der Waals surface area contributed by atoms with Crippen molar-refractivity contribution in [2.45, 2.75) is 12.3 Å². The number of nitrogens with zero attached hydrogens (tertiary/aromatic N) is 1. The van der Waals surface area contributed by atoms with Crippen LogP contribution in [0.15, 0.2) is 30.3 Å². The van der Waals surface area contributed by atoms with Crippen LogP contribution in [0, 0.1) is 23.0 Å². The molecule has 0 fully saturated rings. The van der Waals surface area contributed by atoms with Crippen LogP contribution in [0.25, 0.3) is 0 Å². The molecule has 0 heterocycles. The standard InChI is InChI=1S/C17H12BrF2NO3/c1-2-23-17(22)15-11(8-18)4-3-5-14(15)24-16-12(19)6-10(9-21)7-13(16)20/h3-7H,2,8H2,1H3. The van der Waals surface area contributed by atoms with Gasteiger partial charge in [0.05, 0.1) is 18.2 Å². The van der Waals surface area contributed by atoms with E-state index in [0.29, 0.717) is 10.9 Å². The van der Waals surface area contributed by atoms with Gasteiger partial charge >= 0.3 is 5.97 Å². The first kappa shape index (κ1) is 17.9. The predicted molar refractivity (Wildman–Crippen MR) is 86.2 cm³/mol. The number of nitriles is 1. The van der Waals surface area contributed by atoms with E-state index in [1.165, 1.54) is 6.07 Å². The van der Waals surface area contributed by atoms with Gasteiger partial charge in [0.2, 0.25) is 0 Å². The second kappa shape index (κ2) is 7.88. The maximum atomic E-state index is 14.0. The normalized spacial score (nSPS) is 10.1. The summed E-state index contributed by atoms with van der Waals surface area (Å²) < 4.78 is 38.3. The van der Waals surface area contributed by atoms with Crippen LogP contribution in [-0.4, -0.2) is 12.6 Å². The zero-order chi connectivity index (χ0) is 17.7. The molecule has 0 aliphatic rings. The van der Waals surface area contributed by atoms with E-state index in [2.05, 4.69) is 15.9 Å². The van der Waals surface area contributed by atoms with Crippen molar-refractivity contribution in [1.82, 2.24) is 0 Å². The lowest BCUT2D eigenvalue weighted by Crippen LogP contribution is -2.10. The zero-order valence-corrected chi connectivity index (χ0v) is 14.2. The lowest BCUT2D eigenvalue weighted by Gasteiger charge is -2.14. The lowest BCUT2D eigenvalue weighted by molar-refractivity contribution is 0.0522. The molecule has 0 radical (unpaired) electrons. The first-order chi connectivity index (χ1) is 11.5. The molecule has 0 saturated carbocycles. The van der Waals surface area contributed by atoms with Gasteiger partial charge in [-0.2, -0.15) is 5.26 Å². The first-order valence-corrected chi connectivity index (χ1v) is 8.05. The Balaban J connectivity index is 2.51. The molecule has 24 heavy (non-hydrogen) atoms. The highest BCUT2D eigenvalue weighted by atomic mass is 79.9. The number of carbonyl (C=O) groups is 1. The van der Waals surface area contributed by atoms with Crippen molar-refractivity contribution < 1.29 is 23.0 Å². The summed E-state index contributed by atoms with van der Waals surface area (Å²) in [5.41, 5.74) is 0.469. The Labute approximate surface area is 145 Å². The van der Waals surface area contributed by atoms with Gasteiger partial charge in [-0.3, -0.25) is 0 Å². The largest absolute Gasteiger partial charge is 0.462 e.